The molecule has 0 aromatic heterocycles. The van der Waals surface area contributed by atoms with Gasteiger partial charge in [0.15, 0.2) is 0 Å². The van der Waals surface area contributed by atoms with Crippen molar-refractivity contribution in [1.29, 1.82) is 0 Å². The van der Waals surface area contributed by atoms with E-state index in [1.54, 1.807) is 0 Å². The first-order valence-corrected chi connectivity index (χ1v) is 6.89. The van der Waals surface area contributed by atoms with Gasteiger partial charge in [-0.1, -0.05) is 13.8 Å². The molecule has 3 heteroatoms. The molecule has 2 unspecified atom stereocenters. The first kappa shape index (κ1) is 12.3. The molecule has 0 aliphatic carbocycles. The summed E-state index contributed by atoms with van der Waals surface area (Å²) in [4.78, 5) is 5.27. The van der Waals surface area contributed by atoms with Crippen LogP contribution in [0.5, 0.6) is 0 Å². The van der Waals surface area contributed by atoms with Crippen molar-refractivity contribution in [3.05, 3.63) is 0 Å². The molecule has 2 aliphatic rings. The minimum atomic E-state index is 0.895. The summed E-state index contributed by atoms with van der Waals surface area (Å²) in [5.41, 5.74) is 0. The highest BCUT2D eigenvalue weighted by Gasteiger charge is 2.22. The van der Waals surface area contributed by atoms with Crippen molar-refractivity contribution in [3.63, 3.8) is 0 Å². The summed E-state index contributed by atoms with van der Waals surface area (Å²) in [6.45, 7) is 14.8. The van der Waals surface area contributed by atoms with Gasteiger partial charge in [0.2, 0.25) is 0 Å². The molecule has 0 bridgehead atoms. The molecular formula is C13H27N3. The van der Waals surface area contributed by atoms with Crippen LogP contribution in [0.2, 0.25) is 0 Å². The number of hydrogen-bond donors (Lipinski definition) is 1. The van der Waals surface area contributed by atoms with E-state index in [0.717, 1.165) is 11.8 Å². The first-order chi connectivity index (χ1) is 7.74. The number of nitrogens with zero attached hydrogens (tertiary/aromatic N) is 2. The topological polar surface area (TPSA) is 18.5 Å². The van der Waals surface area contributed by atoms with Crippen molar-refractivity contribution >= 4 is 0 Å². The fourth-order valence-corrected chi connectivity index (χ4v) is 3.19. The number of likely N-dealkylation sites (tertiary alicyclic amines) is 1. The second-order valence-corrected chi connectivity index (χ2v) is 5.80. The number of hydrogen-bond acceptors (Lipinski definition) is 3. The largest absolute Gasteiger partial charge is 0.314 e. The Hall–Kier alpha value is -0.120. The fourth-order valence-electron chi connectivity index (χ4n) is 3.19. The van der Waals surface area contributed by atoms with Crippen molar-refractivity contribution in [2.24, 2.45) is 11.8 Å². The third-order valence-electron chi connectivity index (χ3n) is 3.89. The standard InChI is InChI=1S/C13H27N3/c1-12-9-13(2)11-16(10-12)8-7-15-5-3-14-4-6-15/h12-14H,3-11H2,1-2H3. The molecule has 2 atom stereocenters. The van der Waals surface area contributed by atoms with Crippen LogP contribution in [0.1, 0.15) is 20.3 Å². The number of rotatable bonds is 3. The van der Waals surface area contributed by atoms with Gasteiger partial charge in [0, 0.05) is 52.4 Å². The molecular weight excluding hydrogens is 198 g/mol. The summed E-state index contributed by atoms with van der Waals surface area (Å²) in [6, 6.07) is 0. The van der Waals surface area contributed by atoms with Crippen molar-refractivity contribution in [3.8, 4) is 0 Å². The maximum absolute atomic E-state index is 3.41. The van der Waals surface area contributed by atoms with Crippen LogP contribution < -0.4 is 5.32 Å². The fraction of sp³-hybridized carbons (Fsp3) is 1.00. The first-order valence-electron chi connectivity index (χ1n) is 6.89. The van der Waals surface area contributed by atoms with Crippen LogP contribution in [-0.2, 0) is 0 Å². The van der Waals surface area contributed by atoms with Crippen LogP contribution >= 0.6 is 0 Å². The molecule has 0 radical (unpaired) electrons. The van der Waals surface area contributed by atoms with Gasteiger partial charge in [-0.2, -0.15) is 0 Å². The molecule has 0 spiro atoms. The molecule has 94 valence electrons. The van der Waals surface area contributed by atoms with Crippen molar-refractivity contribution < 1.29 is 0 Å². The predicted octanol–water partition coefficient (Wildman–Crippen LogP) is 0.870. The second kappa shape index (κ2) is 5.99. The summed E-state index contributed by atoms with van der Waals surface area (Å²) in [7, 11) is 0. The van der Waals surface area contributed by atoms with Gasteiger partial charge in [-0.05, 0) is 18.3 Å². The second-order valence-electron chi connectivity index (χ2n) is 5.80. The van der Waals surface area contributed by atoms with E-state index in [1.807, 2.05) is 0 Å². The molecule has 2 aliphatic heterocycles. The van der Waals surface area contributed by atoms with Gasteiger partial charge >= 0.3 is 0 Å². The molecule has 3 nitrogen and oxygen atoms in total. The van der Waals surface area contributed by atoms with Crippen molar-refractivity contribution in [2.75, 3.05) is 52.4 Å². The molecule has 0 saturated carbocycles. The highest BCUT2D eigenvalue weighted by molar-refractivity contribution is 4.76. The van der Waals surface area contributed by atoms with Gasteiger partial charge in [0.05, 0.1) is 0 Å². The average molecular weight is 225 g/mol. The normalized spacial score (nSPS) is 34.1. The van der Waals surface area contributed by atoms with Gasteiger partial charge in [-0.3, -0.25) is 4.90 Å². The number of piperazine rings is 1. The zero-order valence-corrected chi connectivity index (χ0v) is 10.9. The average Bonchev–Trinajstić information content (AvgIpc) is 2.27. The predicted molar refractivity (Wildman–Crippen MR) is 68.7 cm³/mol. The maximum Gasteiger partial charge on any atom is 0.0110 e. The summed E-state index contributed by atoms with van der Waals surface area (Å²) in [5.74, 6) is 1.79. The van der Waals surface area contributed by atoms with Gasteiger partial charge in [0.25, 0.3) is 0 Å². The number of piperidine rings is 1. The summed E-state index contributed by atoms with van der Waals surface area (Å²) >= 11 is 0. The highest BCUT2D eigenvalue weighted by atomic mass is 15.2. The lowest BCUT2D eigenvalue weighted by molar-refractivity contribution is 0.119. The van der Waals surface area contributed by atoms with Crippen LogP contribution in [0.15, 0.2) is 0 Å². The minimum Gasteiger partial charge on any atom is -0.314 e. The Morgan fingerprint density at radius 3 is 2.12 bits per heavy atom. The van der Waals surface area contributed by atoms with E-state index in [0.29, 0.717) is 0 Å². The van der Waals surface area contributed by atoms with Gasteiger partial charge in [-0.15, -0.1) is 0 Å². The minimum absolute atomic E-state index is 0.895. The van der Waals surface area contributed by atoms with E-state index >= 15 is 0 Å². The summed E-state index contributed by atoms with van der Waals surface area (Å²) in [6.07, 6.45) is 1.42. The van der Waals surface area contributed by atoms with Gasteiger partial charge in [0.1, 0.15) is 0 Å². The summed E-state index contributed by atoms with van der Waals surface area (Å²) in [5, 5.41) is 3.41. The Bertz CT molecular complexity index is 191. The molecule has 16 heavy (non-hydrogen) atoms. The zero-order valence-electron chi connectivity index (χ0n) is 10.9. The molecule has 2 rings (SSSR count). The van der Waals surface area contributed by atoms with E-state index in [1.165, 1.54) is 58.8 Å². The third kappa shape index (κ3) is 3.72. The lowest BCUT2D eigenvalue weighted by Crippen LogP contribution is -2.48. The molecule has 2 saturated heterocycles. The van der Waals surface area contributed by atoms with Crippen LogP contribution in [0.3, 0.4) is 0 Å². The van der Waals surface area contributed by atoms with Gasteiger partial charge < -0.3 is 10.2 Å². The van der Waals surface area contributed by atoms with E-state index < -0.39 is 0 Å². The van der Waals surface area contributed by atoms with E-state index in [9.17, 15) is 0 Å². The van der Waals surface area contributed by atoms with E-state index in [4.69, 9.17) is 0 Å². The Labute approximate surface area is 100 Å². The smallest absolute Gasteiger partial charge is 0.0110 e. The van der Waals surface area contributed by atoms with Crippen LogP contribution in [0.25, 0.3) is 0 Å². The van der Waals surface area contributed by atoms with Crippen LogP contribution in [-0.4, -0.2) is 62.2 Å². The van der Waals surface area contributed by atoms with Crippen LogP contribution in [0, 0.1) is 11.8 Å². The SMILES string of the molecule is CC1CC(C)CN(CCN2CCNCC2)C1. The lowest BCUT2D eigenvalue weighted by atomic mass is 9.92. The zero-order chi connectivity index (χ0) is 11.4. The molecule has 2 fully saturated rings. The quantitative estimate of drug-likeness (QED) is 0.769. The highest BCUT2D eigenvalue weighted by Crippen LogP contribution is 2.20. The molecule has 2 heterocycles. The van der Waals surface area contributed by atoms with E-state index in [-0.39, 0.29) is 0 Å². The molecule has 0 aromatic carbocycles. The number of nitrogens with one attached hydrogen (secondary N) is 1. The third-order valence-corrected chi connectivity index (χ3v) is 3.89. The molecule has 0 aromatic rings. The van der Waals surface area contributed by atoms with E-state index in [2.05, 4.69) is 29.0 Å². The molecule has 0 amide bonds. The van der Waals surface area contributed by atoms with Gasteiger partial charge in [-0.25, -0.2) is 0 Å². The maximum atomic E-state index is 3.41. The van der Waals surface area contributed by atoms with Crippen molar-refractivity contribution in [2.45, 2.75) is 20.3 Å². The Balaban J connectivity index is 1.68. The Kier molecular flexibility index (Phi) is 4.62. The van der Waals surface area contributed by atoms with Crippen LogP contribution in [0.4, 0.5) is 0 Å². The lowest BCUT2D eigenvalue weighted by Gasteiger charge is -2.37. The van der Waals surface area contributed by atoms with Crippen molar-refractivity contribution in [1.82, 2.24) is 15.1 Å². The monoisotopic (exact) mass is 225 g/mol. The Morgan fingerprint density at radius 2 is 1.50 bits per heavy atom. The Morgan fingerprint density at radius 1 is 0.938 bits per heavy atom. The summed E-state index contributed by atoms with van der Waals surface area (Å²) < 4.78 is 0. The molecule has 1 N–H and O–H groups in total.